The molecule has 0 aliphatic heterocycles. The van der Waals surface area contributed by atoms with Crippen molar-refractivity contribution in [3.8, 4) is 12.3 Å². The quantitative estimate of drug-likeness (QED) is 0.420. The first-order chi connectivity index (χ1) is 5.91. The predicted molar refractivity (Wildman–Crippen MR) is 49.0 cm³/mol. The van der Waals surface area contributed by atoms with Crippen molar-refractivity contribution in [1.82, 2.24) is 5.32 Å². The van der Waals surface area contributed by atoms with Gasteiger partial charge in [-0.1, -0.05) is 0 Å². The molecule has 0 aromatic carbocycles. The lowest BCUT2D eigenvalue weighted by molar-refractivity contribution is 0.0515. The van der Waals surface area contributed by atoms with Gasteiger partial charge in [-0.15, -0.1) is 12.3 Å². The number of likely N-dealkylation sites (N-methyl/N-ethyl adjacent to an activating group) is 1. The van der Waals surface area contributed by atoms with Crippen LogP contribution in [0.1, 0.15) is 6.42 Å². The smallest absolute Gasteiger partial charge is 0.0701 e. The first kappa shape index (κ1) is 11.4. The molecule has 3 nitrogen and oxygen atoms in total. The van der Waals surface area contributed by atoms with Crippen molar-refractivity contribution < 1.29 is 9.47 Å². The van der Waals surface area contributed by atoms with E-state index in [0.29, 0.717) is 26.2 Å². The van der Waals surface area contributed by atoms with Crippen molar-refractivity contribution in [3.05, 3.63) is 0 Å². The summed E-state index contributed by atoms with van der Waals surface area (Å²) in [7, 11) is 1.90. The molecule has 0 spiro atoms. The maximum absolute atomic E-state index is 5.22. The lowest BCUT2D eigenvalue weighted by Gasteiger charge is -2.03. The highest BCUT2D eigenvalue weighted by atomic mass is 16.5. The highest BCUT2D eigenvalue weighted by Gasteiger charge is 1.87. The molecule has 0 amide bonds. The van der Waals surface area contributed by atoms with E-state index in [1.807, 2.05) is 7.05 Å². The number of rotatable bonds is 8. The Bertz CT molecular complexity index is 120. The van der Waals surface area contributed by atoms with Crippen molar-refractivity contribution in [3.63, 3.8) is 0 Å². The molecule has 0 saturated heterocycles. The maximum Gasteiger partial charge on any atom is 0.0701 e. The van der Waals surface area contributed by atoms with E-state index >= 15 is 0 Å². The van der Waals surface area contributed by atoms with Gasteiger partial charge in [-0.25, -0.2) is 0 Å². The predicted octanol–water partition coefficient (Wildman–Crippen LogP) is 0.262. The second-order valence-corrected chi connectivity index (χ2v) is 2.28. The van der Waals surface area contributed by atoms with Crippen LogP contribution in [0.5, 0.6) is 0 Å². The van der Waals surface area contributed by atoms with Crippen molar-refractivity contribution in [2.45, 2.75) is 6.42 Å². The fraction of sp³-hybridized carbons (Fsp3) is 0.778. The van der Waals surface area contributed by atoms with Crippen LogP contribution in [-0.4, -0.2) is 40.0 Å². The van der Waals surface area contributed by atoms with E-state index in [0.717, 1.165) is 13.2 Å². The third-order valence-corrected chi connectivity index (χ3v) is 1.26. The number of nitrogens with one attached hydrogen (secondary N) is 1. The molecule has 0 atom stereocenters. The van der Waals surface area contributed by atoms with Gasteiger partial charge in [0.2, 0.25) is 0 Å². The molecule has 70 valence electrons. The second-order valence-electron chi connectivity index (χ2n) is 2.28. The summed E-state index contributed by atoms with van der Waals surface area (Å²) >= 11 is 0. The number of terminal acetylenes is 1. The van der Waals surface area contributed by atoms with Gasteiger partial charge in [0.1, 0.15) is 0 Å². The third-order valence-electron chi connectivity index (χ3n) is 1.26. The van der Waals surface area contributed by atoms with Gasteiger partial charge >= 0.3 is 0 Å². The average molecular weight is 171 g/mol. The third kappa shape index (κ3) is 9.44. The van der Waals surface area contributed by atoms with E-state index in [4.69, 9.17) is 15.9 Å². The van der Waals surface area contributed by atoms with Crippen molar-refractivity contribution in [1.29, 1.82) is 0 Å². The SMILES string of the molecule is C#CCCOCCOCCNC. The van der Waals surface area contributed by atoms with Crippen LogP contribution in [0.3, 0.4) is 0 Å². The van der Waals surface area contributed by atoms with Crippen molar-refractivity contribution >= 4 is 0 Å². The Kier molecular flexibility index (Phi) is 9.95. The van der Waals surface area contributed by atoms with Crippen LogP contribution < -0.4 is 5.32 Å². The Morgan fingerprint density at radius 1 is 1.17 bits per heavy atom. The summed E-state index contributed by atoms with van der Waals surface area (Å²) in [5.41, 5.74) is 0. The van der Waals surface area contributed by atoms with Gasteiger partial charge in [0, 0.05) is 13.0 Å². The normalized spacial score (nSPS) is 9.67. The lowest BCUT2D eigenvalue weighted by atomic mass is 10.5. The minimum atomic E-state index is 0.630. The molecule has 0 heterocycles. The summed E-state index contributed by atoms with van der Waals surface area (Å²) in [5, 5.41) is 2.99. The van der Waals surface area contributed by atoms with Gasteiger partial charge in [-0.2, -0.15) is 0 Å². The zero-order chi connectivity index (χ0) is 9.07. The van der Waals surface area contributed by atoms with Crippen LogP contribution in [0.15, 0.2) is 0 Å². The Hall–Kier alpha value is -0.560. The molecule has 0 aliphatic carbocycles. The molecule has 0 saturated carbocycles. The number of hydrogen-bond acceptors (Lipinski definition) is 3. The highest BCUT2D eigenvalue weighted by Crippen LogP contribution is 1.81. The minimum Gasteiger partial charge on any atom is -0.378 e. The Morgan fingerprint density at radius 3 is 2.42 bits per heavy atom. The van der Waals surface area contributed by atoms with Gasteiger partial charge in [-0.3, -0.25) is 0 Å². The molecule has 0 bridgehead atoms. The van der Waals surface area contributed by atoms with E-state index < -0.39 is 0 Å². The number of hydrogen-bond donors (Lipinski definition) is 1. The first-order valence-corrected chi connectivity index (χ1v) is 4.15. The lowest BCUT2D eigenvalue weighted by Crippen LogP contribution is -2.16. The standard InChI is InChI=1S/C9H17NO2/c1-3-4-6-11-8-9-12-7-5-10-2/h1,10H,4-9H2,2H3. The zero-order valence-corrected chi connectivity index (χ0v) is 7.64. The van der Waals surface area contributed by atoms with E-state index in [1.54, 1.807) is 0 Å². The summed E-state index contributed by atoms with van der Waals surface area (Å²) in [4.78, 5) is 0. The van der Waals surface area contributed by atoms with Gasteiger partial charge < -0.3 is 14.8 Å². The van der Waals surface area contributed by atoms with Gasteiger partial charge in [0.25, 0.3) is 0 Å². The molecule has 0 radical (unpaired) electrons. The van der Waals surface area contributed by atoms with Crippen LogP contribution in [0.25, 0.3) is 0 Å². The van der Waals surface area contributed by atoms with Gasteiger partial charge in [-0.05, 0) is 7.05 Å². The Balaban J connectivity index is 2.78. The molecule has 3 heteroatoms. The van der Waals surface area contributed by atoms with Crippen LogP contribution in [0, 0.1) is 12.3 Å². The summed E-state index contributed by atoms with van der Waals surface area (Å²) in [5.74, 6) is 2.50. The van der Waals surface area contributed by atoms with E-state index in [-0.39, 0.29) is 0 Å². The van der Waals surface area contributed by atoms with Gasteiger partial charge in [0.15, 0.2) is 0 Å². The number of ether oxygens (including phenoxy) is 2. The molecular formula is C9H17NO2. The molecule has 0 aromatic heterocycles. The highest BCUT2D eigenvalue weighted by molar-refractivity contribution is 4.82. The summed E-state index contributed by atoms with van der Waals surface area (Å²) in [6, 6.07) is 0. The average Bonchev–Trinajstić information content (AvgIpc) is 2.10. The molecule has 0 rings (SSSR count). The minimum absolute atomic E-state index is 0.630. The van der Waals surface area contributed by atoms with Crippen LogP contribution in [0.2, 0.25) is 0 Å². The van der Waals surface area contributed by atoms with Gasteiger partial charge in [0.05, 0.1) is 26.4 Å². The second kappa shape index (κ2) is 10.4. The molecule has 0 aromatic rings. The Labute approximate surface area is 74.4 Å². The maximum atomic E-state index is 5.22. The van der Waals surface area contributed by atoms with Crippen molar-refractivity contribution in [2.24, 2.45) is 0 Å². The van der Waals surface area contributed by atoms with E-state index in [2.05, 4.69) is 11.2 Å². The largest absolute Gasteiger partial charge is 0.378 e. The first-order valence-electron chi connectivity index (χ1n) is 4.15. The van der Waals surface area contributed by atoms with Crippen LogP contribution >= 0.6 is 0 Å². The topological polar surface area (TPSA) is 30.5 Å². The summed E-state index contributed by atoms with van der Waals surface area (Å²) in [6.07, 6.45) is 5.72. The summed E-state index contributed by atoms with van der Waals surface area (Å²) < 4.78 is 10.4. The fourth-order valence-corrected chi connectivity index (χ4v) is 0.627. The zero-order valence-electron chi connectivity index (χ0n) is 7.64. The molecule has 12 heavy (non-hydrogen) atoms. The van der Waals surface area contributed by atoms with Crippen molar-refractivity contribution in [2.75, 3.05) is 40.0 Å². The molecular weight excluding hydrogens is 154 g/mol. The fourth-order valence-electron chi connectivity index (χ4n) is 0.627. The molecule has 0 unspecified atom stereocenters. The molecule has 0 aliphatic rings. The molecule has 1 N–H and O–H groups in total. The van der Waals surface area contributed by atoms with E-state index in [1.165, 1.54) is 0 Å². The Morgan fingerprint density at radius 2 is 1.83 bits per heavy atom. The van der Waals surface area contributed by atoms with E-state index in [9.17, 15) is 0 Å². The molecule has 0 fully saturated rings. The van der Waals surface area contributed by atoms with Crippen LogP contribution in [0.4, 0.5) is 0 Å². The van der Waals surface area contributed by atoms with Crippen LogP contribution in [-0.2, 0) is 9.47 Å². The monoisotopic (exact) mass is 171 g/mol. The summed E-state index contributed by atoms with van der Waals surface area (Å²) in [6.45, 7) is 3.52.